The van der Waals surface area contributed by atoms with E-state index in [0.29, 0.717) is 5.78 Å². The molecule has 0 atom stereocenters. The van der Waals surface area contributed by atoms with E-state index < -0.39 is 6.61 Å². The van der Waals surface area contributed by atoms with Gasteiger partial charge in [-0.2, -0.15) is 23.4 Å². The van der Waals surface area contributed by atoms with E-state index >= 15 is 0 Å². The Labute approximate surface area is 161 Å². The lowest BCUT2D eigenvalue weighted by atomic mass is 10.1. The van der Waals surface area contributed by atoms with Gasteiger partial charge in [0.25, 0.3) is 5.78 Å². The van der Waals surface area contributed by atoms with E-state index in [1.165, 1.54) is 6.33 Å². The number of piperazine rings is 1. The lowest BCUT2D eigenvalue weighted by Crippen LogP contribution is -2.47. The zero-order valence-corrected chi connectivity index (χ0v) is 15.8. The molecular weight excluding hydrogens is 366 g/mol. The molecule has 0 saturated carbocycles. The highest BCUT2D eigenvalue weighted by molar-refractivity contribution is 5.54. The molecule has 1 aromatic carbocycles. The molecule has 148 valence electrons. The Morgan fingerprint density at radius 2 is 1.79 bits per heavy atom. The SMILES string of the molecule is Cc1nc2ncnn2c(N2CCN(Cc3ccc(OC(F)F)cc3)CC2)c1C. The van der Waals surface area contributed by atoms with E-state index in [9.17, 15) is 8.78 Å². The van der Waals surface area contributed by atoms with Crippen LogP contribution in [0.1, 0.15) is 16.8 Å². The lowest BCUT2D eigenvalue weighted by molar-refractivity contribution is -0.0498. The number of hydrogen-bond acceptors (Lipinski definition) is 6. The second kappa shape index (κ2) is 7.67. The fourth-order valence-corrected chi connectivity index (χ4v) is 3.54. The molecule has 7 nitrogen and oxygen atoms in total. The van der Waals surface area contributed by atoms with Crippen LogP contribution in [0.25, 0.3) is 5.78 Å². The topological polar surface area (TPSA) is 58.8 Å². The zero-order valence-electron chi connectivity index (χ0n) is 15.8. The number of benzene rings is 1. The minimum Gasteiger partial charge on any atom is -0.435 e. The number of fused-ring (bicyclic) bond motifs is 1. The maximum atomic E-state index is 12.3. The van der Waals surface area contributed by atoms with Gasteiger partial charge in [-0.3, -0.25) is 4.90 Å². The monoisotopic (exact) mass is 388 g/mol. The number of alkyl halides is 2. The van der Waals surface area contributed by atoms with Gasteiger partial charge < -0.3 is 9.64 Å². The van der Waals surface area contributed by atoms with Gasteiger partial charge in [0, 0.05) is 44.0 Å². The van der Waals surface area contributed by atoms with Crippen LogP contribution in [0.5, 0.6) is 5.75 Å². The molecule has 0 bridgehead atoms. The van der Waals surface area contributed by atoms with E-state index in [2.05, 4.69) is 36.5 Å². The van der Waals surface area contributed by atoms with Crippen molar-refractivity contribution in [2.45, 2.75) is 27.0 Å². The third-order valence-electron chi connectivity index (χ3n) is 5.10. The molecule has 0 spiro atoms. The van der Waals surface area contributed by atoms with Gasteiger partial charge in [0.1, 0.15) is 17.9 Å². The molecule has 0 radical (unpaired) electrons. The van der Waals surface area contributed by atoms with E-state index in [0.717, 1.165) is 55.4 Å². The van der Waals surface area contributed by atoms with Crippen LogP contribution in [-0.2, 0) is 6.54 Å². The highest BCUT2D eigenvalue weighted by Crippen LogP contribution is 2.24. The lowest BCUT2D eigenvalue weighted by Gasteiger charge is -2.36. The average Bonchev–Trinajstić information content (AvgIpc) is 3.12. The Balaban J connectivity index is 1.41. The van der Waals surface area contributed by atoms with Crippen molar-refractivity contribution in [3.63, 3.8) is 0 Å². The molecule has 3 heterocycles. The van der Waals surface area contributed by atoms with Gasteiger partial charge in [0.15, 0.2) is 0 Å². The zero-order chi connectivity index (χ0) is 19.7. The van der Waals surface area contributed by atoms with Gasteiger partial charge in [-0.25, -0.2) is 4.98 Å². The first kappa shape index (κ1) is 18.5. The van der Waals surface area contributed by atoms with Crippen LogP contribution in [-0.4, -0.2) is 57.3 Å². The highest BCUT2D eigenvalue weighted by atomic mass is 19.3. The molecule has 1 saturated heterocycles. The predicted octanol–water partition coefficient (Wildman–Crippen LogP) is 2.66. The molecule has 1 fully saturated rings. The molecule has 0 aliphatic carbocycles. The summed E-state index contributed by atoms with van der Waals surface area (Å²) in [6.45, 7) is 5.56. The quantitative estimate of drug-likeness (QED) is 0.670. The first-order valence-corrected chi connectivity index (χ1v) is 9.19. The fraction of sp³-hybridized carbons (Fsp3) is 0.421. The summed E-state index contributed by atoms with van der Waals surface area (Å²) in [5, 5.41) is 4.33. The smallest absolute Gasteiger partial charge is 0.387 e. The Kier molecular flexibility index (Phi) is 5.08. The van der Waals surface area contributed by atoms with Gasteiger partial charge in [0.2, 0.25) is 0 Å². The molecule has 1 aliphatic heterocycles. The summed E-state index contributed by atoms with van der Waals surface area (Å²) in [6, 6.07) is 6.84. The molecule has 4 rings (SSSR count). The number of hydrogen-bond donors (Lipinski definition) is 0. The number of ether oxygens (including phenoxy) is 1. The molecule has 0 N–H and O–H groups in total. The minimum atomic E-state index is -2.80. The van der Waals surface area contributed by atoms with Gasteiger partial charge in [0.05, 0.1) is 0 Å². The normalized spacial score (nSPS) is 15.5. The molecule has 1 aliphatic rings. The number of halogens is 2. The third kappa shape index (κ3) is 3.75. The molecule has 0 amide bonds. The van der Waals surface area contributed by atoms with Crippen molar-refractivity contribution >= 4 is 11.6 Å². The number of rotatable bonds is 5. The summed E-state index contributed by atoms with van der Waals surface area (Å²) in [6.07, 6.45) is 1.53. The van der Waals surface area contributed by atoms with E-state index in [1.807, 2.05) is 19.1 Å². The first-order chi connectivity index (χ1) is 13.5. The van der Waals surface area contributed by atoms with Crippen LogP contribution in [0.15, 0.2) is 30.6 Å². The Morgan fingerprint density at radius 3 is 2.46 bits per heavy atom. The van der Waals surface area contributed by atoms with Crippen molar-refractivity contribution in [3.05, 3.63) is 47.4 Å². The summed E-state index contributed by atoms with van der Waals surface area (Å²) >= 11 is 0. The maximum absolute atomic E-state index is 12.3. The van der Waals surface area contributed by atoms with Gasteiger partial charge >= 0.3 is 6.61 Å². The standard InChI is InChI=1S/C19H22F2N6O/c1-13-14(2)24-19-22-12-23-27(19)17(13)26-9-7-25(8-10-26)11-15-3-5-16(6-4-15)28-18(20)21/h3-6,12,18H,7-11H2,1-2H3. The molecule has 28 heavy (non-hydrogen) atoms. The van der Waals surface area contributed by atoms with Crippen molar-refractivity contribution in [1.29, 1.82) is 0 Å². The molecule has 9 heteroatoms. The van der Waals surface area contributed by atoms with Crippen LogP contribution in [0, 0.1) is 13.8 Å². The van der Waals surface area contributed by atoms with Gasteiger partial charge in [-0.15, -0.1) is 0 Å². The van der Waals surface area contributed by atoms with Crippen LogP contribution >= 0.6 is 0 Å². The summed E-state index contributed by atoms with van der Waals surface area (Å²) in [5.74, 6) is 1.85. The van der Waals surface area contributed by atoms with E-state index in [1.54, 1.807) is 16.6 Å². The van der Waals surface area contributed by atoms with Gasteiger partial charge in [-0.05, 0) is 31.5 Å². The van der Waals surface area contributed by atoms with Crippen molar-refractivity contribution in [2.75, 3.05) is 31.1 Å². The first-order valence-electron chi connectivity index (χ1n) is 9.19. The predicted molar refractivity (Wildman–Crippen MR) is 101 cm³/mol. The second-order valence-electron chi connectivity index (χ2n) is 6.90. The average molecular weight is 388 g/mol. The minimum absolute atomic E-state index is 0.184. The van der Waals surface area contributed by atoms with Crippen LogP contribution < -0.4 is 9.64 Å². The second-order valence-corrected chi connectivity index (χ2v) is 6.90. The fourth-order valence-electron chi connectivity index (χ4n) is 3.54. The van der Waals surface area contributed by atoms with Crippen molar-refractivity contribution < 1.29 is 13.5 Å². The highest BCUT2D eigenvalue weighted by Gasteiger charge is 2.22. The van der Waals surface area contributed by atoms with Crippen LogP contribution in [0.2, 0.25) is 0 Å². The number of aromatic nitrogens is 4. The molecular formula is C19H22F2N6O. The van der Waals surface area contributed by atoms with Crippen molar-refractivity contribution in [2.24, 2.45) is 0 Å². The van der Waals surface area contributed by atoms with Crippen LogP contribution in [0.3, 0.4) is 0 Å². The van der Waals surface area contributed by atoms with E-state index in [-0.39, 0.29) is 5.75 Å². The summed E-state index contributed by atoms with van der Waals surface area (Å²) in [4.78, 5) is 13.4. The molecule has 2 aromatic heterocycles. The summed E-state index contributed by atoms with van der Waals surface area (Å²) < 4.78 is 30.7. The molecule has 0 unspecified atom stereocenters. The number of nitrogens with zero attached hydrogens (tertiary/aromatic N) is 6. The van der Waals surface area contributed by atoms with Crippen LogP contribution in [0.4, 0.5) is 14.6 Å². The largest absolute Gasteiger partial charge is 0.435 e. The van der Waals surface area contributed by atoms with Crippen molar-refractivity contribution in [1.82, 2.24) is 24.5 Å². The Hall–Kier alpha value is -2.81. The maximum Gasteiger partial charge on any atom is 0.387 e. The summed E-state index contributed by atoms with van der Waals surface area (Å²) in [5.41, 5.74) is 3.15. The number of aryl methyl sites for hydroxylation is 1. The molecule has 3 aromatic rings. The third-order valence-corrected chi connectivity index (χ3v) is 5.10. The van der Waals surface area contributed by atoms with E-state index in [4.69, 9.17) is 0 Å². The Morgan fingerprint density at radius 1 is 1.07 bits per heavy atom. The number of anilines is 1. The Bertz CT molecular complexity index is 951. The summed E-state index contributed by atoms with van der Waals surface area (Å²) in [7, 11) is 0. The van der Waals surface area contributed by atoms with Crippen molar-refractivity contribution in [3.8, 4) is 5.75 Å². The van der Waals surface area contributed by atoms with Gasteiger partial charge in [-0.1, -0.05) is 12.1 Å².